The fourth-order valence-corrected chi connectivity index (χ4v) is 5.80. The molecule has 0 aliphatic carbocycles. The first-order chi connectivity index (χ1) is 16.1. The number of sulfonamides is 1. The summed E-state index contributed by atoms with van der Waals surface area (Å²) in [6.45, 7) is 6.50. The Hall–Kier alpha value is -2.41. The Kier molecular flexibility index (Phi) is 8.74. The number of nitrogens with zero attached hydrogens (tertiary/aromatic N) is 2. The van der Waals surface area contributed by atoms with Crippen LogP contribution in [0.15, 0.2) is 53.4 Å². The molecule has 184 valence electrons. The van der Waals surface area contributed by atoms with Crippen LogP contribution in [0.1, 0.15) is 31.9 Å². The lowest BCUT2D eigenvalue weighted by molar-refractivity contribution is 0.0733. The van der Waals surface area contributed by atoms with Crippen LogP contribution >= 0.6 is 0 Å². The first-order valence-electron chi connectivity index (χ1n) is 11.5. The molecule has 34 heavy (non-hydrogen) atoms. The van der Waals surface area contributed by atoms with Crippen molar-refractivity contribution in [2.24, 2.45) is 5.92 Å². The molecule has 1 heterocycles. The van der Waals surface area contributed by atoms with Crippen molar-refractivity contribution in [3.8, 4) is 17.6 Å². The van der Waals surface area contributed by atoms with Crippen LogP contribution in [0.2, 0.25) is 0 Å². The highest BCUT2D eigenvalue weighted by molar-refractivity contribution is 7.89. The average Bonchev–Trinajstić information content (AvgIpc) is 2.80. The summed E-state index contributed by atoms with van der Waals surface area (Å²) in [5, 5.41) is 19.3. The van der Waals surface area contributed by atoms with Crippen molar-refractivity contribution in [3.63, 3.8) is 0 Å². The number of hydrogen-bond donors (Lipinski definition) is 2. The standard InChI is InChI=1S/C26H34N2O5S/c1-19-15-28(20(2)18-29)34(31,32)26-13-12-22(11-10-21(3)30)14-24(26)33-25(19)17-27(4)16-23-8-6-5-7-9-23/h5-9,12-14,19-21,25,29-30H,15-18H2,1-4H3/t19-,20+,21+,25-/m0/s1. The molecule has 1 aliphatic rings. The highest BCUT2D eigenvalue weighted by Gasteiger charge is 2.38. The summed E-state index contributed by atoms with van der Waals surface area (Å²) < 4.78 is 34.8. The maximum atomic E-state index is 13.5. The lowest BCUT2D eigenvalue weighted by Crippen LogP contribution is -2.49. The van der Waals surface area contributed by atoms with Gasteiger partial charge in [0.15, 0.2) is 0 Å². The Morgan fingerprint density at radius 1 is 1.21 bits per heavy atom. The van der Waals surface area contributed by atoms with Crippen LogP contribution < -0.4 is 4.74 Å². The van der Waals surface area contributed by atoms with E-state index >= 15 is 0 Å². The zero-order valence-electron chi connectivity index (χ0n) is 20.2. The molecule has 0 unspecified atom stereocenters. The van der Waals surface area contributed by atoms with Crippen LogP contribution in [0.4, 0.5) is 0 Å². The van der Waals surface area contributed by atoms with Gasteiger partial charge in [0.05, 0.1) is 6.61 Å². The minimum absolute atomic E-state index is 0.0537. The highest BCUT2D eigenvalue weighted by atomic mass is 32.2. The van der Waals surface area contributed by atoms with Crippen LogP contribution in [-0.2, 0) is 16.6 Å². The van der Waals surface area contributed by atoms with Gasteiger partial charge >= 0.3 is 0 Å². The van der Waals surface area contributed by atoms with Crippen LogP contribution in [0, 0.1) is 17.8 Å². The molecule has 0 aromatic heterocycles. The average molecular weight is 487 g/mol. The second-order valence-electron chi connectivity index (χ2n) is 9.03. The molecule has 4 atom stereocenters. The molecule has 0 amide bonds. The molecule has 8 heteroatoms. The number of fused-ring (bicyclic) bond motifs is 1. The van der Waals surface area contributed by atoms with Crippen molar-refractivity contribution >= 4 is 10.0 Å². The van der Waals surface area contributed by atoms with E-state index in [1.165, 1.54) is 15.9 Å². The quantitative estimate of drug-likeness (QED) is 0.609. The maximum Gasteiger partial charge on any atom is 0.247 e. The Labute approximate surface area is 203 Å². The Morgan fingerprint density at radius 2 is 1.91 bits per heavy atom. The van der Waals surface area contributed by atoms with E-state index in [1.54, 1.807) is 26.0 Å². The van der Waals surface area contributed by atoms with Crippen molar-refractivity contribution in [3.05, 3.63) is 59.7 Å². The molecule has 2 aromatic carbocycles. The molecule has 3 rings (SSSR count). The normalized spacial score (nSPS) is 21.9. The van der Waals surface area contributed by atoms with E-state index in [-0.39, 0.29) is 35.8 Å². The molecule has 0 saturated carbocycles. The summed E-state index contributed by atoms with van der Waals surface area (Å²) in [6, 6.07) is 14.3. The molecule has 0 saturated heterocycles. The smallest absolute Gasteiger partial charge is 0.247 e. The van der Waals surface area contributed by atoms with Gasteiger partial charge in [0.25, 0.3) is 0 Å². The lowest BCUT2D eigenvalue weighted by Gasteiger charge is -2.37. The van der Waals surface area contributed by atoms with E-state index < -0.39 is 22.2 Å². The Balaban J connectivity index is 1.99. The maximum absolute atomic E-state index is 13.5. The van der Waals surface area contributed by atoms with Crippen LogP contribution in [0.5, 0.6) is 5.75 Å². The highest BCUT2D eigenvalue weighted by Crippen LogP contribution is 2.34. The predicted molar refractivity (Wildman–Crippen MR) is 132 cm³/mol. The first-order valence-corrected chi connectivity index (χ1v) is 12.9. The number of rotatable bonds is 6. The van der Waals surface area contributed by atoms with Crippen molar-refractivity contribution in [1.82, 2.24) is 9.21 Å². The summed E-state index contributed by atoms with van der Waals surface area (Å²) in [7, 11) is -1.89. The summed E-state index contributed by atoms with van der Waals surface area (Å²) >= 11 is 0. The number of ether oxygens (including phenoxy) is 1. The van der Waals surface area contributed by atoms with Crippen molar-refractivity contribution in [2.45, 2.75) is 50.5 Å². The number of aliphatic hydroxyl groups excluding tert-OH is 2. The van der Waals surface area contributed by atoms with Gasteiger partial charge in [0.1, 0.15) is 22.9 Å². The third-order valence-corrected chi connectivity index (χ3v) is 7.90. The molecule has 0 fully saturated rings. The van der Waals surface area contributed by atoms with E-state index in [0.717, 1.165) is 6.54 Å². The predicted octanol–water partition coefficient (Wildman–Crippen LogP) is 2.32. The zero-order chi connectivity index (χ0) is 24.9. The topological polar surface area (TPSA) is 90.3 Å². The molecule has 0 bridgehead atoms. The molecule has 7 nitrogen and oxygen atoms in total. The van der Waals surface area contributed by atoms with Gasteiger partial charge in [-0.05, 0) is 44.7 Å². The minimum Gasteiger partial charge on any atom is -0.487 e. The van der Waals surface area contributed by atoms with Gasteiger partial charge in [-0.2, -0.15) is 4.31 Å². The van der Waals surface area contributed by atoms with Gasteiger partial charge in [-0.1, -0.05) is 49.1 Å². The number of hydrogen-bond acceptors (Lipinski definition) is 6. The van der Waals surface area contributed by atoms with E-state index in [2.05, 4.69) is 28.9 Å². The summed E-state index contributed by atoms with van der Waals surface area (Å²) in [4.78, 5) is 2.21. The number of aliphatic hydroxyl groups is 2. The monoisotopic (exact) mass is 486 g/mol. The second-order valence-corrected chi connectivity index (χ2v) is 10.9. The van der Waals surface area contributed by atoms with Crippen LogP contribution in [0.3, 0.4) is 0 Å². The van der Waals surface area contributed by atoms with Gasteiger partial charge in [-0.25, -0.2) is 8.42 Å². The lowest BCUT2D eigenvalue weighted by atomic mass is 10.0. The zero-order valence-corrected chi connectivity index (χ0v) is 21.0. The van der Waals surface area contributed by atoms with Gasteiger partial charge in [-0.15, -0.1) is 0 Å². The van der Waals surface area contributed by atoms with Crippen molar-refractivity contribution in [1.29, 1.82) is 0 Å². The molecular weight excluding hydrogens is 452 g/mol. The minimum atomic E-state index is -3.90. The summed E-state index contributed by atoms with van der Waals surface area (Å²) in [5.74, 6) is 5.64. The van der Waals surface area contributed by atoms with E-state index in [0.29, 0.717) is 12.1 Å². The second kappa shape index (κ2) is 11.3. The molecule has 2 aromatic rings. The van der Waals surface area contributed by atoms with Crippen LogP contribution in [-0.4, -0.2) is 72.8 Å². The van der Waals surface area contributed by atoms with Crippen molar-refractivity contribution in [2.75, 3.05) is 26.7 Å². The fourth-order valence-electron chi connectivity index (χ4n) is 3.98. The molecular formula is C26H34N2O5S. The third kappa shape index (κ3) is 6.38. The third-order valence-electron chi connectivity index (χ3n) is 5.88. The fraction of sp³-hybridized carbons (Fsp3) is 0.462. The largest absolute Gasteiger partial charge is 0.487 e. The first kappa shape index (κ1) is 26.2. The van der Waals surface area contributed by atoms with E-state index in [4.69, 9.17) is 4.74 Å². The number of benzene rings is 2. The Bertz CT molecular complexity index is 1120. The summed E-state index contributed by atoms with van der Waals surface area (Å²) in [6.07, 6.45) is -1.09. The van der Waals surface area contributed by atoms with Crippen molar-refractivity contribution < 1.29 is 23.4 Å². The number of likely N-dealkylation sites (N-methyl/N-ethyl adjacent to an activating group) is 1. The van der Waals surface area contributed by atoms with Gasteiger partial charge in [0.2, 0.25) is 10.0 Å². The van der Waals surface area contributed by atoms with Gasteiger partial charge in [-0.3, -0.25) is 4.90 Å². The van der Waals surface area contributed by atoms with Gasteiger partial charge < -0.3 is 14.9 Å². The molecule has 0 radical (unpaired) electrons. The molecule has 1 aliphatic heterocycles. The van der Waals surface area contributed by atoms with E-state index in [9.17, 15) is 18.6 Å². The summed E-state index contributed by atoms with van der Waals surface area (Å²) in [5.41, 5.74) is 1.74. The van der Waals surface area contributed by atoms with Gasteiger partial charge in [0, 0.05) is 37.2 Å². The molecule has 0 spiro atoms. The van der Waals surface area contributed by atoms with E-state index in [1.807, 2.05) is 32.2 Å². The molecule has 2 N–H and O–H groups in total. The Morgan fingerprint density at radius 3 is 2.56 bits per heavy atom. The van der Waals surface area contributed by atoms with Crippen LogP contribution in [0.25, 0.3) is 0 Å². The SMILES string of the molecule is C[C@H](CO)N1C[C@H](C)[C@H](CN(C)Cc2ccccc2)Oc2cc(C#C[C@@H](C)O)ccc2S1(=O)=O.